The van der Waals surface area contributed by atoms with Crippen molar-refractivity contribution < 1.29 is 19.4 Å². The third kappa shape index (κ3) is 4.26. The molecule has 0 aliphatic heterocycles. The molecule has 36 heavy (non-hydrogen) atoms. The average molecular weight is 499 g/mol. The standard InChI is InChI=1S/C30H46N2O4/c1-6-35-19(3)25-13-15-32(31-25)18-27(34)24-11-10-22-21-9-8-20-16-26(33)28(36-7-2)17-30(20,5)23(21)12-14-29(22,24)4/h13,15,20-24,26,28,33H,3,6-12,14,16-18H2,1-2,4-5H3/t20-,21-,22-,23-,24+,26-,28-,29-,30-/m0/s1. The Morgan fingerprint density at radius 2 is 1.92 bits per heavy atom. The first-order chi connectivity index (χ1) is 17.2. The molecule has 0 amide bonds. The molecule has 9 atom stereocenters. The molecule has 1 aromatic rings. The molecule has 4 saturated carbocycles. The number of hydrogen-bond donors (Lipinski definition) is 1. The van der Waals surface area contributed by atoms with Crippen LogP contribution >= 0.6 is 0 Å². The van der Waals surface area contributed by atoms with Crippen LogP contribution in [0.2, 0.25) is 0 Å². The van der Waals surface area contributed by atoms with Gasteiger partial charge in [-0.3, -0.25) is 9.48 Å². The highest BCUT2D eigenvalue weighted by Gasteiger charge is 2.62. The fraction of sp³-hybridized carbons (Fsp3) is 0.800. The van der Waals surface area contributed by atoms with Gasteiger partial charge >= 0.3 is 0 Å². The van der Waals surface area contributed by atoms with Crippen LogP contribution in [0.4, 0.5) is 0 Å². The fourth-order valence-electron chi connectivity index (χ4n) is 9.28. The van der Waals surface area contributed by atoms with Gasteiger partial charge in [-0.1, -0.05) is 20.4 Å². The van der Waals surface area contributed by atoms with Gasteiger partial charge in [0, 0.05) is 18.7 Å². The summed E-state index contributed by atoms with van der Waals surface area (Å²) in [6, 6.07) is 1.88. The molecule has 4 aliphatic rings. The molecule has 0 saturated heterocycles. The van der Waals surface area contributed by atoms with Gasteiger partial charge in [-0.2, -0.15) is 5.10 Å². The molecular formula is C30H46N2O4. The highest BCUT2D eigenvalue weighted by molar-refractivity contribution is 5.82. The van der Waals surface area contributed by atoms with Gasteiger partial charge in [-0.05, 0) is 106 Å². The van der Waals surface area contributed by atoms with Gasteiger partial charge < -0.3 is 14.6 Å². The maximum atomic E-state index is 13.6. The highest BCUT2D eigenvalue weighted by atomic mass is 16.5. The predicted molar refractivity (Wildman–Crippen MR) is 140 cm³/mol. The number of Topliss-reactive ketones (excluding diaryl/α,β-unsaturated/α-hetero) is 1. The Morgan fingerprint density at radius 1 is 1.14 bits per heavy atom. The van der Waals surface area contributed by atoms with E-state index in [0.29, 0.717) is 60.7 Å². The van der Waals surface area contributed by atoms with Crippen LogP contribution in [-0.2, 0) is 20.8 Å². The molecular weight excluding hydrogens is 452 g/mol. The first-order valence-electron chi connectivity index (χ1n) is 14.4. The summed E-state index contributed by atoms with van der Waals surface area (Å²) < 4.78 is 13.3. The molecule has 0 radical (unpaired) electrons. The molecule has 6 nitrogen and oxygen atoms in total. The number of ketones is 1. The minimum atomic E-state index is -0.324. The van der Waals surface area contributed by atoms with E-state index in [4.69, 9.17) is 9.47 Å². The second-order valence-corrected chi connectivity index (χ2v) is 12.6. The number of carbonyl (C=O) groups excluding carboxylic acids is 1. The van der Waals surface area contributed by atoms with E-state index in [1.54, 1.807) is 4.68 Å². The summed E-state index contributed by atoms with van der Waals surface area (Å²) in [5, 5.41) is 15.3. The lowest BCUT2D eigenvalue weighted by molar-refractivity contribution is -0.171. The third-order valence-electron chi connectivity index (χ3n) is 11.0. The number of rotatable bonds is 8. The van der Waals surface area contributed by atoms with Crippen molar-refractivity contribution in [2.45, 2.75) is 97.8 Å². The van der Waals surface area contributed by atoms with Gasteiger partial charge in [0.15, 0.2) is 5.78 Å². The van der Waals surface area contributed by atoms with Crippen molar-refractivity contribution in [3.8, 4) is 0 Å². The van der Waals surface area contributed by atoms with Gasteiger partial charge in [0.05, 0.1) is 25.4 Å². The first kappa shape index (κ1) is 26.0. The topological polar surface area (TPSA) is 73.6 Å². The lowest BCUT2D eigenvalue weighted by atomic mass is 9.44. The summed E-state index contributed by atoms with van der Waals surface area (Å²) in [7, 11) is 0. The van der Waals surface area contributed by atoms with Crippen molar-refractivity contribution in [3.05, 3.63) is 24.5 Å². The van der Waals surface area contributed by atoms with Crippen molar-refractivity contribution >= 4 is 11.5 Å². The molecule has 200 valence electrons. The summed E-state index contributed by atoms with van der Waals surface area (Å²) >= 11 is 0. The number of aliphatic hydroxyl groups excluding tert-OH is 1. The Morgan fingerprint density at radius 3 is 2.67 bits per heavy atom. The fourth-order valence-corrected chi connectivity index (χ4v) is 9.28. The average Bonchev–Trinajstić information content (AvgIpc) is 3.44. The second kappa shape index (κ2) is 9.90. The minimum absolute atomic E-state index is 0.0287. The zero-order valence-corrected chi connectivity index (χ0v) is 22.7. The van der Waals surface area contributed by atoms with Gasteiger partial charge in [-0.25, -0.2) is 0 Å². The Hall–Kier alpha value is -1.66. The van der Waals surface area contributed by atoms with Gasteiger partial charge in [0.2, 0.25) is 0 Å². The molecule has 0 bridgehead atoms. The van der Waals surface area contributed by atoms with E-state index in [2.05, 4.69) is 25.5 Å². The summed E-state index contributed by atoms with van der Waals surface area (Å²) in [6.07, 6.45) is 10.3. The van der Waals surface area contributed by atoms with E-state index in [0.717, 1.165) is 32.1 Å². The van der Waals surface area contributed by atoms with E-state index >= 15 is 0 Å². The first-order valence-corrected chi connectivity index (χ1v) is 14.4. The third-order valence-corrected chi connectivity index (χ3v) is 11.0. The maximum absolute atomic E-state index is 13.6. The summed E-state index contributed by atoms with van der Waals surface area (Å²) in [5.41, 5.74) is 1.02. The Labute approximate surface area is 216 Å². The zero-order valence-electron chi connectivity index (χ0n) is 22.7. The summed E-state index contributed by atoms with van der Waals surface area (Å²) in [5.74, 6) is 3.57. The number of nitrogens with zero attached hydrogens (tertiary/aromatic N) is 2. The van der Waals surface area contributed by atoms with Crippen molar-refractivity contribution in [2.75, 3.05) is 13.2 Å². The van der Waals surface area contributed by atoms with Crippen LogP contribution in [0.1, 0.15) is 84.8 Å². The molecule has 5 rings (SSSR count). The smallest absolute Gasteiger partial charge is 0.157 e. The number of carbonyl (C=O) groups is 1. The number of aliphatic hydroxyl groups is 1. The maximum Gasteiger partial charge on any atom is 0.157 e. The Balaban J connectivity index is 1.29. The molecule has 0 spiro atoms. The molecule has 4 aliphatic carbocycles. The van der Waals surface area contributed by atoms with Crippen LogP contribution < -0.4 is 0 Å². The molecule has 1 aromatic heterocycles. The monoisotopic (exact) mass is 498 g/mol. The Bertz CT molecular complexity index is 974. The van der Waals surface area contributed by atoms with Gasteiger partial charge in [-0.15, -0.1) is 0 Å². The lowest BCUT2D eigenvalue weighted by Gasteiger charge is -2.61. The van der Waals surface area contributed by atoms with E-state index < -0.39 is 0 Å². The van der Waals surface area contributed by atoms with Crippen LogP contribution in [0.25, 0.3) is 5.76 Å². The molecule has 0 aromatic carbocycles. The number of aromatic nitrogens is 2. The summed E-state index contributed by atoms with van der Waals surface area (Å²) in [4.78, 5) is 13.6. The predicted octanol–water partition coefficient (Wildman–Crippen LogP) is 5.49. The van der Waals surface area contributed by atoms with E-state index in [9.17, 15) is 9.90 Å². The van der Waals surface area contributed by atoms with Gasteiger partial charge in [0.25, 0.3) is 0 Å². The molecule has 1 N–H and O–H groups in total. The van der Waals surface area contributed by atoms with Crippen LogP contribution in [0.3, 0.4) is 0 Å². The number of ether oxygens (including phenoxy) is 2. The quantitative estimate of drug-likeness (QED) is 0.480. The number of hydrogen-bond acceptors (Lipinski definition) is 5. The summed E-state index contributed by atoms with van der Waals surface area (Å²) in [6.45, 7) is 14.4. The van der Waals surface area contributed by atoms with Crippen molar-refractivity contribution in [1.82, 2.24) is 9.78 Å². The SMILES string of the molecule is C=C(OCC)c1ccn(CC(=O)[C@H]2CC[C@H]3[C@@H]4CC[C@H]5C[C@H](O)[C@@H](OCC)C[C@]5(C)[C@H]4CC[C@]23C)n1. The molecule has 0 unspecified atom stereocenters. The lowest BCUT2D eigenvalue weighted by Crippen LogP contribution is -2.57. The van der Waals surface area contributed by atoms with Crippen LogP contribution in [0.15, 0.2) is 18.8 Å². The zero-order chi connectivity index (χ0) is 25.7. The molecule has 1 heterocycles. The van der Waals surface area contributed by atoms with E-state index in [1.807, 2.05) is 26.1 Å². The van der Waals surface area contributed by atoms with Crippen molar-refractivity contribution in [1.29, 1.82) is 0 Å². The Kier molecular flexibility index (Phi) is 7.14. The minimum Gasteiger partial charge on any atom is -0.492 e. The second-order valence-electron chi connectivity index (χ2n) is 12.6. The van der Waals surface area contributed by atoms with E-state index in [-0.39, 0.29) is 29.0 Å². The van der Waals surface area contributed by atoms with Crippen molar-refractivity contribution in [3.63, 3.8) is 0 Å². The van der Waals surface area contributed by atoms with Crippen molar-refractivity contribution in [2.24, 2.45) is 40.4 Å². The van der Waals surface area contributed by atoms with Crippen LogP contribution in [0.5, 0.6) is 0 Å². The molecule has 4 fully saturated rings. The molecule has 6 heteroatoms. The highest BCUT2D eigenvalue weighted by Crippen LogP contribution is 2.67. The number of fused-ring (bicyclic) bond motifs is 5. The normalized spacial score (nSPS) is 41.8. The van der Waals surface area contributed by atoms with E-state index in [1.165, 1.54) is 19.3 Å². The van der Waals surface area contributed by atoms with Gasteiger partial charge in [0.1, 0.15) is 11.5 Å². The largest absolute Gasteiger partial charge is 0.492 e. The van der Waals surface area contributed by atoms with Crippen LogP contribution in [-0.4, -0.2) is 46.1 Å². The van der Waals surface area contributed by atoms with Crippen LogP contribution in [0, 0.1) is 40.4 Å².